The van der Waals surface area contributed by atoms with Gasteiger partial charge in [0.25, 0.3) is 5.56 Å². The van der Waals surface area contributed by atoms with Crippen LogP contribution >= 0.6 is 0 Å². The molecular formula is C31H28N4O2. The van der Waals surface area contributed by atoms with Crippen molar-refractivity contribution in [3.63, 3.8) is 0 Å². The average Bonchev–Trinajstić information content (AvgIpc) is 2.93. The van der Waals surface area contributed by atoms with Crippen LogP contribution < -0.4 is 16.2 Å². The molecule has 4 aromatic carbocycles. The van der Waals surface area contributed by atoms with Crippen molar-refractivity contribution in [2.45, 2.75) is 26.3 Å². The number of para-hydroxylation sites is 1. The number of fused-ring (bicyclic) bond motifs is 1. The van der Waals surface area contributed by atoms with E-state index >= 15 is 0 Å². The lowest BCUT2D eigenvalue weighted by atomic mass is 10.0. The monoisotopic (exact) mass is 488 g/mol. The van der Waals surface area contributed by atoms with Gasteiger partial charge in [-0.1, -0.05) is 79.7 Å². The van der Waals surface area contributed by atoms with E-state index in [1.54, 1.807) is 22.8 Å². The first-order valence-corrected chi connectivity index (χ1v) is 12.4. The minimum absolute atomic E-state index is 0.118. The molecule has 37 heavy (non-hydrogen) atoms. The number of hydrogen-bond donors (Lipinski definition) is 2. The number of aryl methyl sites for hydroxylation is 1. The molecular weight excluding hydrogens is 460 g/mol. The van der Waals surface area contributed by atoms with Crippen LogP contribution in [0.4, 0.5) is 16.2 Å². The molecule has 0 aliphatic carbocycles. The lowest BCUT2D eigenvalue weighted by molar-refractivity contribution is 0.262. The highest BCUT2D eigenvalue weighted by molar-refractivity contribution is 6.00. The van der Waals surface area contributed by atoms with Crippen LogP contribution in [-0.2, 0) is 13.0 Å². The Hall–Kier alpha value is -4.71. The SMILES string of the molecule is CCCc1nc2ccc(NC(=O)Nc3ccccc3)cc2c(=O)n1Cc1ccc(-c2ccccc2)cc1. The largest absolute Gasteiger partial charge is 0.323 e. The van der Waals surface area contributed by atoms with E-state index in [0.29, 0.717) is 35.2 Å². The number of anilines is 2. The highest BCUT2D eigenvalue weighted by Gasteiger charge is 2.13. The van der Waals surface area contributed by atoms with E-state index in [9.17, 15) is 9.59 Å². The van der Waals surface area contributed by atoms with Gasteiger partial charge < -0.3 is 10.6 Å². The number of amides is 2. The zero-order valence-electron chi connectivity index (χ0n) is 20.6. The molecule has 0 aliphatic heterocycles. The minimum atomic E-state index is -0.375. The Morgan fingerprint density at radius 3 is 2.14 bits per heavy atom. The molecule has 0 saturated heterocycles. The number of rotatable bonds is 7. The van der Waals surface area contributed by atoms with Crippen LogP contribution in [0.1, 0.15) is 24.7 Å². The highest BCUT2D eigenvalue weighted by atomic mass is 16.2. The maximum absolute atomic E-state index is 13.6. The molecule has 0 aliphatic rings. The van der Waals surface area contributed by atoms with E-state index in [1.807, 2.05) is 48.5 Å². The maximum Gasteiger partial charge on any atom is 0.323 e. The van der Waals surface area contributed by atoms with Gasteiger partial charge in [0.2, 0.25) is 0 Å². The topological polar surface area (TPSA) is 76.0 Å². The van der Waals surface area contributed by atoms with Crippen LogP contribution in [0.2, 0.25) is 0 Å². The fourth-order valence-corrected chi connectivity index (χ4v) is 4.35. The molecule has 2 amide bonds. The summed E-state index contributed by atoms with van der Waals surface area (Å²) in [5.41, 5.74) is 5.03. The van der Waals surface area contributed by atoms with Gasteiger partial charge in [0.1, 0.15) is 5.82 Å². The first-order chi connectivity index (χ1) is 18.1. The number of aromatic nitrogens is 2. The predicted octanol–water partition coefficient (Wildman–Crippen LogP) is 6.71. The van der Waals surface area contributed by atoms with Crippen molar-refractivity contribution < 1.29 is 4.79 Å². The fourth-order valence-electron chi connectivity index (χ4n) is 4.35. The van der Waals surface area contributed by atoms with Gasteiger partial charge >= 0.3 is 6.03 Å². The van der Waals surface area contributed by atoms with E-state index in [1.165, 1.54) is 0 Å². The van der Waals surface area contributed by atoms with Crippen molar-refractivity contribution in [1.82, 2.24) is 9.55 Å². The third-order valence-electron chi connectivity index (χ3n) is 6.20. The lowest BCUT2D eigenvalue weighted by Gasteiger charge is -2.15. The van der Waals surface area contributed by atoms with Crippen LogP contribution in [0.5, 0.6) is 0 Å². The first kappa shape index (κ1) is 24.0. The number of benzene rings is 4. The van der Waals surface area contributed by atoms with Gasteiger partial charge in [-0.15, -0.1) is 0 Å². The van der Waals surface area contributed by atoms with Crippen molar-refractivity contribution in [2.75, 3.05) is 10.6 Å². The molecule has 1 heterocycles. The molecule has 184 valence electrons. The summed E-state index contributed by atoms with van der Waals surface area (Å²) < 4.78 is 1.75. The Kier molecular flexibility index (Phi) is 7.08. The average molecular weight is 489 g/mol. The van der Waals surface area contributed by atoms with Gasteiger partial charge in [-0.3, -0.25) is 9.36 Å². The molecule has 1 aromatic heterocycles. The number of nitrogens with one attached hydrogen (secondary N) is 2. The molecule has 6 nitrogen and oxygen atoms in total. The van der Waals surface area contributed by atoms with E-state index in [0.717, 1.165) is 28.9 Å². The summed E-state index contributed by atoms with van der Waals surface area (Å²) in [5.74, 6) is 0.759. The summed E-state index contributed by atoms with van der Waals surface area (Å²) in [6.45, 7) is 2.51. The summed E-state index contributed by atoms with van der Waals surface area (Å²) in [4.78, 5) is 30.9. The Morgan fingerprint density at radius 2 is 1.43 bits per heavy atom. The Labute approximate surface area is 215 Å². The van der Waals surface area contributed by atoms with Crippen LogP contribution in [-0.4, -0.2) is 15.6 Å². The second kappa shape index (κ2) is 10.9. The minimum Gasteiger partial charge on any atom is -0.308 e. The second-order valence-electron chi connectivity index (χ2n) is 8.91. The van der Waals surface area contributed by atoms with Gasteiger partial charge in [0.15, 0.2) is 0 Å². The summed E-state index contributed by atoms with van der Waals surface area (Å²) in [6, 6.07) is 32.6. The van der Waals surface area contributed by atoms with Crippen molar-refractivity contribution in [2.24, 2.45) is 0 Å². The van der Waals surface area contributed by atoms with Gasteiger partial charge in [-0.05, 0) is 53.4 Å². The highest BCUT2D eigenvalue weighted by Crippen LogP contribution is 2.21. The van der Waals surface area contributed by atoms with Gasteiger partial charge in [0, 0.05) is 17.8 Å². The molecule has 2 N–H and O–H groups in total. The van der Waals surface area contributed by atoms with E-state index in [-0.39, 0.29) is 11.6 Å². The zero-order chi connectivity index (χ0) is 25.6. The van der Waals surface area contributed by atoms with Crippen LogP contribution in [0.25, 0.3) is 22.0 Å². The summed E-state index contributed by atoms with van der Waals surface area (Å²) in [7, 11) is 0. The number of carbonyl (C=O) groups excluding carboxylic acids is 1. The molecule has 5 rings (SSSR count). The second-order valence-corrected chi connectivity index (χ2v) is 8.91. The van der Waals surface area contributed by atoms with E-state index in [4.69, 9.17) is 4.98 Å². The van der Waals surface area contributed by atoms with Crippen molar-refractivity contribution >= 4 is 28.3 Å². The molecule has 0 bridgehead atoms. The standard InChI is InChI=1S/C31H28N4O2/c1-2-9-29-34-28-19-18-26(33-31(37)32-25-12-7-4-8-13-25)20-27(28)30(36)35(29)21-22-14-16-24(17-15-22)23-10-5-3-6-11-23/h3-8,10-20H,2,9,21H2,1H3,(H2,32,33,37). The van der Waals surface area contributed by atoms with E-state index in [2.05, 4.69) is 54.0 Å². The molecule has 0 unspecified atom stereocenters. The molecule has 0 spiro atoms. The van der Waals surface area contributed by atoms with Gasteiger partial charge in [-0.25, -0.2) is 9.78 Å². The quantitative estimate of drug-likeness (QED) is 0.267. The third-order valence-corrected chi connectivity index (χ3v) is 6.20. The van der Waals surface area contributed by atoms with E-state index < -0.39 is 0 Å². The Balaban J connectivity index is 1.43. The molecule has 0 radical (unpaired) electrons. The van der Waals surface area contributed by atoms with Crippen molar-refractivity contribution in [3.8, 4) is 11.1 Å². The summed E-state index contributed by atoms with van der Waals surface area (Å²) >= 11 is 0. The van der Waals surface area contributed by atoms with Crippen LogP contribution in [0, 0.1) is 0 Å². The Morgan fingerprint density at radius 1 is 0.784 bits per heavy atom. The van der Waals surface area contributed by atoms with Crippen molar-refractivity contribution in [1.29, 1.82) is 0 Å². The van der Waals surface area contributed by atoms with Crippen LogP contribution in [0.3, 0.4) is 0 Å². The molecule has 0 fully saturated rings. The number of nitrogens with zero attached hydrogens (tertiary/aromatic N) is 2. The van der Waals surface area contributed by atoms with Crippen LogP contribution in [0.15, 0.2) is 108 Å². The number of hydrogen-bond acceptors (Lipinski definition) is 3. The maximum atomic E-state index is 13.6. The Bertz CT molecular complexity index is 1580. The smallest absolute Gasteiger partial charge is 0.308 e. The van der Waals surface area contributed by atoms with Gasteiger partial charge in [0.05, 0.1) is 17.4 Å². The fraction of sp³-hybridized carbons (Fsp3) is 0.129. The normalized spacial score (nSPS) is 10.8. The first-order valence-electron chi connectivity index (χ1n) is 12.4. The van der Waals surface area contributed by atoms with Gasteiger partial charge in [-0.2, -0.15) is 0 Å². The third kappa shape index (κ3) is 5.59. The molecule has 5 aromatic rings. The predicted molar refractivity (Wildman–Crippen MR) is 150 cm³/mol. The molecule has 0 atom stereocenters. The van der Waals surface area contributed by atoms with Crippen molar-refractivity contribution in [3.05, 3.63) is 125 Å². The zero-order valence-corrected chi connectivity index (χ0v) is 20.6. The number of urea groups is 1. The number of carbonyl (C=O) groups is 1. The lowest BCUT2D eigenvalue weighted by Crippen LogP contribution is -2.26. The molecule has 6 heteroatoms. The summed E-state index contributed by atoms with van der Waals surface area (Å²) in [5, 5.41) is 6.08. The molecule has 0 saturated carbocycles. The summed E-state index contributed by atoms with van der Waals surface area (Å²) in [6.07, 6.45) is 1.58.